The van der Waals surface area contributed by atoms with Crippen molar-refractivity contribution < 1.29 is 9.32 Å². The molecule has 2 aliphatic rings. The molecule has 1 aliphatic heterocycles. The van der Waals surface area contributed by atoms with Crippen LogP contribution in [0.2, 0.25) is 0 Å². The van der Waals surface area contributed by atoms with Crippen LogP contribution in [0.5, 0.6) is 0 Å². The van der Waals surface area contributed by atoms with Crippen molar-refractivity contribution in [1.82, 2.24) is 19.6 Å². The average molecular weight is 328 g/mol. The van der Waals surface area contributed by atoms with Gasteiger partial charge in [0, 0.05) is 37.8 Å². The van der Waals surface area contributed by atoms with Gasteiger partial charge in [0.25, 0.3) is 0 Å². The first kappa shape index (κ1) is 15.4. The molecule has 2 aromatic heterocycles. The molecule has 3 heterocycles. The van der Waals surface area contributed by atoms with Crippen molar-refractivity contribution >= 4 is 5.91 Å². The number of rotatable bonds is 3. The molecule has 128 valence electrons. The second-order valence-corrected chi connectivity index (χ2v) is 7.00. The van der Waals surface area contributed by atoms with Gasteiger partial charge < -0.3 is 14.0 Å². The average Bonchev–Trinajstić information content (AvgIpc) is 3.35. The fourth-order valence-corrected chi connectivity index (χ4v) is 4.20. The van der Waals surface area contributed by atoms with Crippen molar-refractivity contribution in [2.75, 3.05) is 6.54 Å². The van der Waals surface area contributed by atoms with Gasteiger partial charge in [-0.15, -0.1) is 0 Å². The fraction of sp³-hybridized carbons (Fsp3) is 0.611. The Labute approximate surface area is 141 Å². The maximum absolute atomic E-state index is 13.0. The number of aromatic nitrogens is 3. The van der Waals surface area contributed by atoms with Crippen LogP contribution in [0, 0.1) is 12.8 Å². The lowest BCUT2D eigenvalue weighted by molar-refractivity contribution is -0.138. The third kappa shape index (κ3) is 2.85. The lowest BCUT2D eigenvalue weighted by Gasteiger charge is -2.32. The third-order valence-corrected chi connectivity index (χ3v) is 5.47. The Hall–Kier alpha value is -2.11. The van der Waals surface area contributed by atoms with Gasteiger partial charge in [-0.1, -0.05) is 5.16 Å². The smallest absolute Gasteiger partial charge is 0.226 e. The van der Waals surface area contributed by atoms with E-state index in [1.54, 1.807) is 6.92 Å². The molecule has 0 radical (unpaired) electrons. The maximum atomic E-state index is 13.0. The van der Waals surface area contributed by atoms with Gasteiger partial charge in [0.15, 0.2) is 5.82 Å². The molecule has 1 saturated heterocycles. The molecule has 0 unspecified atom stereocenters. The zero-order valence-electron chi connectivity index (χ0n) is 14.1. The highest BCUT2D eigenvalue weighted by molar-refractivity contribution is 5.79. The van der Waals surface area contributed by atoms with Gasteiger partial charge in [0.05, 0.1) is 6.04 Å². The summed E-state index contributed by atoms with van der Waals surface area (Å²) in [6, 6.07) is 4.67. The summed E-state index contributed by atoms with van der Waals surface area (Å²) < 4.78 is 7.38. The zero-order chi connectivity index (χ0) is 16.5. The number of carbonyl (C=O) groups is 1. The van der Waals surface area contributed by atoms with E-state index in [0.29, 0.717) is 17.8 Å². The normalized spacial score (nSPS) is 27.5. The highest BCUT2D eigenvalue weighted by Gasteiger charge is 2.37. The van der Waals surface area contributed by atoms with Crippen LogP contribution in [0.4, 0.5) is 0 Å². The molecular weight excluding hydrogens is 304 g/mol. The maximum Gasteiger partial charge on any atom is 0.226 e. The third-order valence-electron chi connectivity index (χ3n) is 5.47. The predicted octanol–water partition coefficient (Wildman–Crippen LogP) is 3.27. The van der Waals surface area contributed by atoms with Crippen molar-refractivity contribution in [3.63, 3.8) is 0 Å². The van der Waals surface area contributed by atoms with Crippen LogP contribution in [-0.2, 0) is 4.79 Å². The molecule has 6 nitrogen and oxygen atoms in total. The molecule has 24 heavy (non-hydrogen) atoms. The van der Waals surface area contributed by atoms with Gasteiger partial charge >= 0.3 is 0 Å². The molecule has 0 spiro atoms. The van der Waals surface area contributed by atoms with Gasteiger partial charge in [-0.05, 0) is 50.7 Å². The van der Waals surface area contributed by atoms with Crippen LogP contribution in [0.25, 0.3) is 0 Å². The van der Waals surface area contributed by atoms with Crippen molar-refractivity contribution in [3.8, 4) is 0 Å². The van der Waals surface area contributed by atoms with Crippen molar-refractivity contribution in [3.05, 3.63) is 36.2 Å². The predicted molar refractivity (Wildman–Crippen MR) is 88.2 cm³/mol. The van der Waals surface area contributed by atoms with Crippen LogP contribution in [0.3, 0.4) is 0 Å². The van der Waals surface area contributed by atoms with Gasteiger partial charge in [0.1, 0.15) is 0 Å². The summed E-state index contributed by atoms with van der Waals surface area (Å²) in [4.78, 5) is 19.3. The molecule has 1 aliphatic carbocycles. The van der Waals surface area contributed by atoms with E-state index in [4.69, 9.17) is 4.52 Å². The molecule has 0 aromatic carbocycles. The Kier molecular flexibility index (Phi) is 4.12. The molecule has 2 aromatic rings. The quantitative estimate of drug-likeness (QED) is 0.867. The van der Waals surface area contributed by atoms with Crippen LogP contribution >= 0.6 is 0 Å². The van der Waals surface area contributed by atoms with Gasteiger partial charge in [-0.3, -0.25) is 4.79 Å². The van der Waals surface area contributed by atoms with Gasteiger partial charge in [-0.25, -0.2) is 0 Å². The lowest BCUT2D eigenvalue weighted by Crippen LogP contribution is -2.37. The highest BCUT2D eigenvalue weighted by atomic mass is 16.5. The number of aryl methyl sites for hydroxylation is 1. The van der Waals surface area contributed by atoms with E-state index in [1.807, 2.05) is 4.90 Å². The SMILES string of the molecule is Cc1nc([C@@H]2CCCN2C(=O)C2CCC(n3cccc3)CC2)no1. The molecule has 1 atom stereocenters. The monoisotopic (exact) mass is 328 g/mol. The van der Waals surface area contributed by atoms with Crippen LogP contribution < -0.4 is 0 Å². The van der Waals surface area contributed by atoms with E-state index in [-0.39, 0.29) is 17.9 Å². The minimum atomic E-state index is -0.00266. The van der Waals surface area contributed by atoms with Gasteiger partial charge in [0.2, 0.25) is 11.8 Å². The highest BCUT2D eigenvalue weighted by Crippen LogP contribution is 2.37. The number of amides is 1. The summed E-state index contributed by atoms with van der Waals surface area (Å²) in [7, 11) is 0. The summed E-state index contributed by atoms with van der Waals surface area (Å²) in [5.41, 5.74) is 0. The molecular formula is C18H24N4O2. The van der Waals surface area contributed by atoms with Crippen LogP contribution in [-0.4, -0.2) is 32.1 Å². The molecule has 1 amide bonds. The number of hydrogen-bond acceptors (Lipinski definition) is 4. The molecule has 2 fully saturated rings. The van der Waals surface area contributed by atoms with Crippen LogP contribution in [0.15, 0.2) is 29.0 Å². The number of hydrogen-bond donors (Lipinski definition) is 0. The standard InChI is InChI=1S/C18H24N4O2/c1-13-19-17(20-24-13)16-5-4-12-22(16)18(23)14-6-8-15(9-7-14)21-10-2-3-11-21/h2-3,10-11,14-16H,4-9,12H2,1H3/t14?,15?,16-/m0/s1. The largest absolute Gasteiger partial charge is 0.351 e. The molecule has 0 N–H and O–H groups in total. The summed E-state index contributed by atoms with van der Waals surface area (Å²) >= 11 is 0. The fourth-order valence-electron chi connectivity index (χ4n) is 4.20. The molecule has 0 bridgehead atoms. The second-order valence-electron chi connectivity index (χ2n) is 7.00. The Morgan fingerprint density at radius 2 is 1.92 bits per heavy atom. The first-order valence-electron chi connectivity index (χ1n) is 8.95. The minimum Gasteiger partial charge on any atom is -0.351 e. The van der Waals surface area contributed by atoms with Gasteiger partial charge in [-0.2, -0.15) is 4.98 Å². The number of nitrogens with zero attached hydrogens (tertiary/aromatic N) is 4. The Balaban J connectivity index is 1.40. The van der Waals surface area contributed by atoms with E-state index in [2.05, 4.69) is 39.2 Å². The van der Waals surface area contributed by atoms with E-state index >= 15 is 0 Å². The number of carbonyl (C=O) groups excluding carboxylic acids is 1. The summed E-state index contributed by atoms with van der Waals surface area (Å²) in [5.74, 6) is 1.66. The number of likely N-dealkylation sites (tertiary alicyclic amines) is 1. The Morgan fingerprint density at radius 1 is 1.17 bits per heavy atom. The topological polar surface area (TPSA) is 64.2 Å². The van der Waals surface area contributed by atoms with Crippen molar-refractivity contribution in [2.45, 2.75) is 57.5 Å². The zero-order valence-corrected chi connectivity index (χ0v) is 14.1. The van der Waals surface area contributed by atoms with Crippen molar-refractivity contribution in [2.24, 2.45) is 5.92 Å². The van der Waals surface area contributed by atoms with E-state index < -0.39 is 0 Å². The van der Waals surface area contributed by atoms with E-state index in [1.165, 1.54) is 0 Å². The van der Waals surface area contributed by atoms with E-state index in [0.717, 1.165) is 45.1 Å². The Bertz CT molecular complexity index is 686. The molecule has 6 heteroatoms. The molecule has 4 rings (SSSR count). The minimum absolute atomic E-state index is 0.00266. The van der Waals surface area contributed by atoms with Crippen LogP contribution in [0.1, 0.15) is 62.3 Å². The lowest BCUT2D eigenvalue weighted by atomic mass is 9.85. The molecule has 1 saturated carbocycles. The summed E-state index contributed by atoms with van der Waals surface area (Å²) in [6.45, 7) is 2.61. The van der Waals surface area contributed by atoms with Crippen molar-refractivity contribution in [1.29, 1.82) is 0 Å². The summed E-state index contributed by atoms with van der Waals surface area (Å²) in [6.07, 6.45) is 10.3. The second kappa shape index (κ2) is 6.42. The Morgan fingerprint density at radius 3 is 2.58 bits per heavy atom. The summed E-state index contributed by atoms with van der Waals surface area (Å²) in [5, 5.41) is 4.04. The van der Waals surface area contributed by atoms with E-state index in [9.17, 15) is 4.79 Å². The first-order valence-corrected chi connectivity index (χ1v) is 8.95. The first-order chi connectivity index (χ1) is 11.7.